The van der Waals surface area contributed by atoms with Gasteiger partial charge in [0.05, 0.1) is 10.4 Å². The summed E-state index contributed by atoms with van der Waals surface area (Å²) in [6.45, 7) is 7.86. The molecule has 4 heterocycles. The Morgan fingerprint density at radius 1 is 1.06 bits per heavy atom. The molecule has 6 nitrogen and oxygen atoms in total. The van der Waals surface area contributed by atoms with Gasteiger partial charge in [-0.25, -0.2) is 15.0 Å². The van der Waals surface area contributed by atoms with E-state index in [1.54, 1.807) is 4.90 Å². The highest BCUT2D eigenvalue weighted by atomic mass is 32.1. The van der Waals surface area contributed by atoms with Gasteiger partial charge < -0.3 is 9.80 Å². The van der Waals surface area contributed by atoms with E-state index in [1.165, 1.54) is 17.4 Å². The fourth-order valence-electron chi connectivity index (χ4n) is 3.91. The Balaban J connectivity index is 1.51. The number of fused-ring (bicyclic) bond motifs is 1. The Kier molecular flexibility index (Phi) is 5.59. The quantitative estimate of drug-likeness (QED) is 0.581. The van der Waals surface area contributed by atoms with Crippen LogP contribution in [-0.4, -0.2) is 51.9 Å². The van der Waals surface area contributed by atoms with Crippen LogP contribution >= 0.6 is 11.3 Å². The van der Waals surface area contributed by atoms with Gasteiger partial charge in [0.1, 0.15) is 16.5 Å². The number of hydrogen-bond donors (Lipinski definition) is 0. The van der Waals surface area contributed by atoms with Crippen LogP contribution in [0.5, 0.6) is 0 Å². The molecule has 10 heteroatoms. The van der Waals surface area contributed by atoms with E-state index in [2.05, 4.69) is 15.0 Å². The third-order valence-electron chi connectivity index (χ3n) is 5.46. The van der Waals surface area contributed by atoms with Gasteiger partial charge in [-0.15, -0.1) is 11.3 Å². The summed E-state index contributed by atoms with van der Waals surface area (Å²) in [5, 5.41) is 0.935. The predicted molar refractivity (Wildman–Crippen MR) is 114 cm³/mol. The number of thiophene rings is 1. The van der Waals surface area contributed by atoms with Crippen molar-refractivity contribution >= 4 is 33.3 Å². The molecule has 0 N–H and O–H groups in total. The maximum atomic E-state index is 13.3. The number of anilines is 1. The van der Waals surface area contributed by atoms with E-state index < -0.39 is 11.7 Å². The van der Waals surface area contributed by atoms with Gasteiger partial charge in [-0.3, -0.25) is 4.79 Å². The minimum atomic E-state index is -4.41. The number of hydrogen-bond acceptors (Lipinski definition) is 6. The van der Waals surface area contributed by atoms with Crippen molar-refractivity contribution in [1.29, 1.82) is 0 Å². The molecule has 0 radical (unpaired) electrons. The Hall–Kier alpha value is -2.75. The monoisotopic (exact) mass is 449 g/mol. The SMILES string of the molecule is Cc1nc(C)c2c(C)c(C(=O)N3CCCN(c4ccc(C(F)(F)F)cn4)CC3)sc2n1. The molecule has 3 aromatic heterocycles. The largest absolute Gasteiger partial charge is 0.417 e. The summed E-state index contributed by atoms with van der Waals surface area (Å²) in [7, 11) is 0. The fourth-order valence-corrected chi connectivity index (χ4v) is 5.16. The zero-order valence-electron chi connectivity index (χ0n) is 17.5. The minimum Gasteiger partial charge on any atom is -0.355 e. The number of carbonyl (C=O) groups is 1. The smallest absolute Gasteiger partial charge is 0.355 e. The molecule has 0 atom stereocenters. The van der Waals surface area contributed by atoms with Crippen LogP contribution in [0, 0.1) is 20.8 Å². The van der Waals surface area contributed by atoms with Crippen LogP contribution in [0.4, 0.5) is 19.0 Å². The van der Waals surface area contributed by atoms with Crippen molar-refractivity contribution in [1.82, 2.24) is 19.9 Å². The molecule has 0 saturated carbocycles. The van der Waals surface area contributed by atoms with Crippen LogP contribution < -0.4 is 4.90 Å². The van der Waals surface area contributed by atoms with Gasteiger partial charge in [-0.1, -0.05) is 0 Å². The lowest BCUT2D eigenvalue weighted by molar-refractivity contribution is -0.137. The Morgan fingerprint density at radius 2 is 1.84 bits per heavy atom. The maximum Gasteiger partial charge on any atom is 0.417 e. The van der Waals surface area contributed by atoms with Crippen LogP contribution in [0.2, 0.25) is 0 Å². The predicted octanol–water partition coefficient (Wildman–Crippen LogP) is 4.38. The molecule has 4 rings (SSSR count). The number of carbonyl (C=O) groups excluding carboxylic acids is 1. The molecular weight excluding hydrogens is 427 g/mol. The van der Waals surface area contributed by atoms with Gasteiger partial charge in [0, 0.05) is 43.5 Å². The third kappa shape index (κ3) is 4.21. The molecular formula is C21H22F3N5OS. The van der Waals surface area contributed by atoms with Crippen molar-refractivity contribution in [3.63, 3.8) is 0 Å². The van der Waals surface area contributed by atoms with Gasteiger partial charge in [0.15, 0.2) is 0 Å². The van der Waals surface area contributed by atoms with E-state index in [1.807, 2.05) is 25.7 Å². The summed E-state index contributed by atoms with van der Waals surface area (Å²) < 4.78 is 38.3. The molecule has 31 heavy (non-hydrogen) atoms. The second-order valence-corrected chi connectivity index (χ2v) is 8.63. The van der Waals surface area contributed by atoms with E-state index >= 15 is 0 Å². The summed E-state index contributed by atoms with van der Waals surface area (Å²) in [4.78, 5) is 31.4. The maximum absolute atomic E-state index is 13.3. The van der Waals surface area contributed by atoms with Crippen LogP contribution in [0.15, 0.2) is 18.3 Å². The second-order valence-electron chi connectivity index (χ2n) is 7.63. The number of rotatable bonds is 2. The number of alkyl halides is 3. The average molecular weight is 450 g/mol. The van der Waals surface area contributed by atoms with Crippen LogP contribution in [-0.2, 0) is 6.18 Å². The summed E-state index contributed by atoms with van der Waals surface area (Å²) in [6, 6.07) is 2.43. The number of halogens is 3. The first-order chi connectivity index (χ1) is 14.6. The Labute approximate surface area is 181 Å². The van der Waals surface area contributed by atoms with Crippen LogP contribution in [0.3, 0.4) is 0 Å². The Morgan fingerprint density at radius 3 is 2.52 bits per heavy atom. The van der Waals surface area contributed by atoms with E-state index in [-0.39, 0.29) is 5.91 Å². The van der Waals surface area contributed by atoms with E-state index in [9.17, 15) is 18.0 Å². The van der Waals surface area contributed by atoms with Gasteiger partial charge in [0.25, 0.3) is 5.91 Å². The number of nitrogens with zero attached hydrogens (tertiary/aromatic N) is 5. The molecule has 1 aliphatic heterocycles. The van der Waals surface area contributed by atoms with Gasteiger partial charge >= 0.3 is 6.18 Å². The molecule has 0 aliphatic carbocycles. The first-order valence-electron chi connectivity index (χ1n) is 9.97. The molecule has 0 spiro atoms. The highest BCUT2D eigenvalue weighted by Gasteiger charge is 2.31. The molecule has 1 fully saturated rings. The lowest BCUT2D eigenvalue weighted by Gasteiger charge is -2.23. The Bertz CT molecular complexity index is 1130. The van der Waals surface area contributed by atoms with Crippen molar-refractivity contribution in [2.45, 2.75) is 33.4 Å². The highest BCUT2D eigenvalue weighted by molar-refractivity contribution is 7.20. The number of aryl methyl sites for hydroxylation is 3. The number of amides is 1. The first kappa shape index (κ1) is 21.5. The molecule has 0 aromatic carbocycles. The van der Waals surface area contributed by atoms with Crippen molar-refractivity contribution in [2.75, 3.05) is 31.1 Å². The van der Waals surface area contributed by atoms with Gasteiger partial charge in [-0.2, -0.15) is 13.2 Å². The topological polar surface area (TPSA) is 62.2 Å². The second kappa shape index (κ2) is 8.07. The zero-order chi connectivity index (χ0) is 22.3. The summed E-state index contributed by atoms with van der Waals surface area (Å²) in [6.07, 6.45) is -2.84. The normalized spacial score (nSPS) is 15.4. The summed E-state index contributed by atoms with van der Waals surface area (Å²) in [5.41, 5.74) is 0.996. The highest BCUT2D eigenvalue weighted by Crippen LogP contribution is 2.33. The van der Waals surface area contributed by atoms with Crippen LogP contribution in [0.25, 0.3) is 10.2 Å². The van der Waals surface area contributed by atoms with Gasteiger partial charge in [0.2, 0.25) is 0 Å². The standard InChI is InChI=1S/C21H22F3N5OS/c1-12-17-13(2)26-14(3)27-19(17)31-18(12)20(30)29-8-4-7-28(9-10-29)16-6-5-15(11-25-16)21(22,23)24/h5-6,11H,4,7-10H2,1-3H3. The fraction of sp³-hybridized carbons (Fsp3) is 0.429. The zero-order valence-corrected chi connectivity index (χ0v) is 18.3. The first-order valence-corrected chi connectivity index (χ1v) is 10.8. The molecule has 1 amide bonds. The molecule has 1 aliphatic rings. The molecule has 3 aromatic rings. The summed E-state index contributed by atoms with van der Waals surface area (Å²) >= 11 is 1.39. The van der Waals surface area contributed by atoms with E-state index in [4.69, 9.17) is 0 Å². The molecule has 1 saturated heterocycles. The number of aromatic nitrogens is 3. The molecule has 164 valence electrons. The number of pyridine rings is 1. The lowest BCUT2D eigenvalue weighted by Crippen LogP contribution is -2.35. The molecule has 0 bridgehead atoms. The summed E-state index contributed by atoms with van der Waals surface area (Å²) in [5.74, 6) is 1.13. The van der Waals surface area contributed by atoms with Crippen molar-refractivity contribution in [2.24, 2.45) is 0 Å². The van der Waals surface area contributed by atoms with E-state index in [0.717, 1.165) is 33.7 Å². The van der Waals surface area contributed by atoms with Crippen LogP contribution in [0.1, 0.15) is 38.7 Å². The van der Waals surface area contributed by atoms with Crippen molar-refractivity contribution in [3.05, 3.63) is 45.9 Å². The van der Waals surface area contributed by atoms with Crippen molar-refractivity contribution < 1.29 is 18.0 Å². The van der Waals surface area contributed by atoms with E-state index in [0.29, 0.717) is 49.1 Å². The average Bonchev–Trinajstić information content (AvgIpc) is 2.88. The molecule has 0 unspecified atom stereocenters. The lowest BCUT2D eigenvalue weighted by atomic mass is 10.1. The van der Waals surface area contributed by atoms with Crippen molar-refractivity contribution in [3.8, 4) is 0 Å². The van der Waals surface area contributed by atoms with Gasteiger partial charge in [-0.05, 0) is 44.9 Å². The minimum absolute atomic E-state index is 0.0419. The third-order valence-corrected chi connectivity index (χ3v) is 6.63.